The summed E-state index contributed by atoms with van der Waals surface area (Å²) in [5, 5.41) is 0. The van der Waals surface area contributed by atoms with Crippen molar-refractivity contribution in [2.24, 2.45) is 5.73 Å². The lowest BCUT2D eigenvalue weighted by atomic mass is 9.87. The van der Waals surface area contributed by atoms with Gasteiger partial charge in [0.15, 0.2) is 0 Å². The molecule has 0 radical (unpaired) electrons. The first-order valence-corrected chi connectivity index (χ1v) is 6.89. The zero-order chi connectivity index (χ0) is 12.7. The van der Waals surface area contributed by atoms with E-state index < -0.39 is 0 Å². The highest BCUT2D eigenvalue weighted by Gasteiger charge is 2.28. The van der Waals surface area contributed by atoms with Gasteiger partial charge in [-0.15, -0.1) is 0 Å². The van der Waals surface area contributed by atoms with Crippen LogP contribution < -0.4 is 15.2 Å². The lowest BCUT2D eigenvalue weighted by Crippen LogP contribution is -2.21. The first kappa shape index (κ1) is 11.8. The Morgan fingerprint density at radius 1 is 1.00 bits per heavy atom. The zero-order valence-corrected chi connectivity index (χ0v) is 11.2. The topological polar surface area (TPSA) is 44.5 Å². The Labute approximate surface area is 108 Å². The maximum Gasteiger partial charge on any atom is 0.128 e. The Bertz CT molecular complexity index is 443. The third kappa shape index (κ3) is 1.69. The second kappa shape index (κ2) is 4.47. The largest absolute Gasteiger partial charge is 0.493 e. The zero-order valence-electron chi connectivity index (χ0n) is 11.2. The number of nitrogens with two attached hydrogens (primary N) is 1. The molecule has 0 saturated carbocycles. The molecule has 3 rings (SSSR count). The highest BCUT2D eigenvalue weighted by atomic mass is 16.5. The van der Waals surface area contributed by atoms with Gasteiger partial charge < -0.3 is 15.2 Å². The lowest BCUT2D eigenvalue weighted by molar-refractivity contribution is 0.266. The summed E-state index contributed by atoms with van der Waals surface area (Å²) in [5.41, 5.74) is 11.2. The summed E-state index contributed by atoms with van der Waals surface area (Å²) in [5.74, 6) is 2.14. The molecule has 1 unspecified atom stereocenters. The SMILES string of the molecule is Cc1c2c(c(C(C)N)c3c1OCCC3)OCCC2. The van der Waals surface area contributed by atoms with E-state index in [9.17, 15) is 0 Å². The average Bonchev–Trinajstić information content (AvgIpc) is 2.39. The third-order valence-electron chi connectivity index (χ3n) is 4.00. The molecule has 0 saturated heterocycles. The van der Waals surface area contributed by atoms with E-state index in [1.54, 1.807) is 0 Å². The van der Waals surface area contributed by atoms with Crippen molar-refractivity contribution in [3.8, 4) is 11.5 Å². The number of rotatable bonds is 1. The summed E-state index contributed by atoms with van der Waals surface area (Å²) >= 11 is 0. The molecule has 0 bridgehead atoms. The summed E-state index contributed by atoms with van der Waals surface area (Å²) in [6, 6.07) is 0.00731. The Morgan fingerprint density at radius 2 is 1.61 bits per heavy atom. The standard InChI is InChI=1S/C15H21NO2/c1-9-11-5-3-8-18-15(11)13(10(2)16)12-6-4-7-17-14(9)12/h10H,3-8,16H2,1-2H3. The molecule has 3 heteroatoms. The maximum atomic E-state index is 6.18. The number of hydrogen-bond acceptors (Lipinski definition) is 3. The third-order valence-corrected chi connectivity index (χ3v) is 4.00. The molecule has 2 N–H and O–H groups in total. The van der Waals surface area contributed by atoms with E-state index in [2.05, 4.69) is 6.92 Å². The fraction of sp³-hybridized carbons (Fsp3) is 0.600. The predicted molar refractivity (Wildman–Crippen MR) is 71.4 cm³/mol. The summed E-state index contributed by atoms with van der Waals surface area (Å²) in [6.45, 7) is 5.83. The molecule has 18 heavy (non-hydrogen) atoms. The van der Waals surface area contributed by atoms with Gasteiger partial charge in [0, 0.05) is 22.7 Å². The Morgan fingerprint density at radius 3 is 2.28 bits per heavy atom. The van der Waals surface area contributed by atoms with E-state index in [4.69, 9.17) is 15.2 Å². The molecule has 1 aromatic carbocycles. The second-order valence-electron chi connectivity index (χ2n) is 5.35. The quantitative estimate of drug-likeness (QED) is 0.829. The molecule has 3 nitrogen and oxygen atoms in total. The summed E-state index contributed by atoms with van der Waals surface area (Å²) in [4.78, 5) is 0. The van der Waals surface area contributed by atoms with Crippen LogP contribution in [0.1, 0.15) is 48.1 Å². The van der Waals surface area contributed by atoms with E-state index in [0.717, 1.165) is 50.4 Å². The molecule has 2 aliphatic heterocycles. The van der Waals surface area contributed by atoms with Crippen LogP contribution >= 0.6 is 0 Å². The van der Waals surface area contributed by atoms with E-state index >= 15 is 0 Å². The van der Waals surface area contributed by atoms with Crippen molar-refractivity contribution in [2.45, 2.75) is 45.6 Å². The number of hydrogen-bond donors (Lipinski definition) is 1. The van der Waals surface area contributed by atoms with Crippen LogP contribution in [0, 0.1) is 6.92 Å². The van der Waals surface area contributed by atoms with E-state index in [1.165, 1.54) is 22.3 Å². The minimum Gasteiger partial charge on any atom is -0.493 e. The molecule has 1 aromatic rings. The smallest absolute Gasteiger partial charge is 0.128 e. The normalized spacial score (nSPS) is 19.3. The number of benzene rings is 1. The van der Waals surface area contributed by atoms with Gasteiger partial charge in [0.2, 0.25) is 0 Å². The van der Waals surface area contributed by atoms with Gasteiger partial charge >= 0.3 is 0 Å². The van der Waals surface area contributed by atoms with Gasteiger partial charge in [-0.25, -0.2) is 0 Å². The molecule has 0 spiro atoms. The number of ether oxygens (including phenoxy) is 2. The molecule has 98 valence electrons. The van der Waals surface area contributed by atoms with Gasteiger partial charge in [0.25, 0.3) is 0 Å². The van der Waals surface area contributed by atoms with Crippen molar-refractivity contribution in [1.29, 1.82) is 0 Å². The van der Waals surface area contributed by atoms with Crippen LogP contribution in [0.5, 0.6) is 11.5 Å². The van der Waals surface area contributed by atoms with Crippen LogP contribution in [0.2, 0.25) is 0 Å². The van der Waals surface area contributed by atoms with Gasteiger partial charge in [-0.1, -0.05) is 0 Å². The van der Waals surface area contributed by atoms with Crippen molar-refractivity contribution in [3.63, 3.8) is 0 Å². The monoisotopic (exact) mass is 247 g/mol. The molecule has 0 aliphatic carbocycles. The van der Waals surface area contributed by atoms with Crippen LogP contribution in [-0.4, -0.2) is 13.2 Å². The van der Waals surface area contributed by atoms with Gasteiger partial charge in [0.1, 0.15) is 11.5 Å². The molecule has 2 aliphatic rings. The van der Waals surface area contributed by atoms with E-state index in [0.29, 0.717) is 0 Å². The number of fused-ring (bicyclic) bond motifs is 2. The molecular weight excluding hydrogens is 226 g/mol. The van der Waals surface area contributed by atoms with Crippen LogP contribution in [0.25, 0.3) is 0 Å². The molecular formula is C15H21NO2. The highest BCUT2D eigenvalue weighted by molar-refractivity contribution is 5.61. The van der Waals surface area contributed by atoms with Gasteiger partial charge in [-0.2, -0.15) is 0 Å². The Balaban J connectivity index is 2.27. The summed E-state index contributed by atoms with van der Waals surface area (Å²) in [6.07, 6.45) is 4.30. The maximum absolute atomic E-state index is 6.18. The molecule has 2 heterocycles. The van der Waals surface area contributed by atoms with E-state index in [-0.39, 0.29) is 6.04 Å². The molecule has 0 amide bonds. The van der Waals surface area contributed by atoms with Crippen LogP contribution in [0.4, 0.5) is 0 Å². The first-order valence-electron chi connectivity index (χ1n) is 6.89. The van der Waals surface area contributed by atoms with Gasteiger partial charge in [-0.3, -0.25) is 0 Å². The summed E-state index contributed by atoms with van der Waals surface area (Å²) in [7, 11) is 0. The fourth-order valence-corrected chi connectivity index (χ4v) is 3.19. The first-order chi connectivity index (χ1) is 8.70. The van der Waals surface area contributed by atoms with Gasteiger partial charge in [-0.05, 0) is 45.1 Å². The molecule has 0 aromatic heterocycles. The van der Waals surface area contributed by atoms with Gasteiger partial charge in [0.05, 0.1) is 13.2 Å². The fourth-order valence-electron chi connectivity index (χ4n) is 3.19. The van der Waals surface area contributed by atoms with Crippen LogP contribution in [-0.2, 0) is 12.8 Å². The van der Waals surface area contributed by atoms with Crippen molar-refractivity contribution in [3.05, 3.63) is 22.3 Å². The van der Waals surface area contributed by atoms with E-state index in [1.807, 2.05) is 6.92 Å². The Hall–Kier alpha value is -1.22. The van der Waals surface area contributed by atoms with Crippen molar-refractivity contribution < 1.29 is 9.47 Å². The minimum absolute atomic E-state index is 0.00731. The Kier molecular flexibility index (Phi) is 2.94. The average molecular weight is 247 g/mol. The van der Waals surface area contributed by atoms with Crippen molar-refractivity contribution in [2.75, 3.05) is 13.2 Å². The van der Waals surface area contributed by atoms with Crippen LogP contribution in [0.15, 0.2) is 0 Å². The predicted octanol–water partition coefficient (Wildman–Crippen LogP) is 2.66. The summed E-state index contributed by atoms with van der Waals surface area (Å²) < 4.78 is 11.8. The molecule has 1 atom stereocenters. The lowest BCUT2D eigenvalue weighted by Gasteiger charge is -2.31. The van der Waals surface area contributed by atoms with Crippen molar-refractivity contribution in [1.82, 2.24) is 0 Å². The van der Waals surface area contributed by atoms with Crippen LogP contribution in [0.3, 0.4) is 0 Å². The molecule has 0 fully saturated rings. The minimum atomic E-state index is 0.00731. The second-order valence-corrected chi connectivity index (χ2v) is 5.35. The van der Waals surface area contributed by atoms with Crippen molar-refractivity contribution >= 4 is 0 Å². The highest BCUT2D eigenvalue weighted by Crippen LogP contribution is 2.44.